The largest absolute Gasteiger partial charge is 0.459 e. The number of aromatic nitrogens is 1. The van der Waals surface area contributed by atoms with E-state index in [0.29, 0.717) is 5.02 Å². The lowest BCUT2D eigenvalue weighted by Gasteiger charge is -2.22. The van der Waals surface area contributed by atoms with Gasteiger partial charge in [0.15, 0.2) is 5.76 Å². The number of thiophene rings is 1. The van der Waals surface area contributed by atoms with Crippen LogP contribution in [0.25, 0.3) is 0 Å². The summed E-state index contributed by atoms with van der Waals surface area (Å²) in [5, 5.41) is 7.84. The number of benzene rings is 1. The number of nitrogens with zero attached hydrogens (tertiary/aromatic N) is 1. The number of amides is 1. The fourth-order valence-electron chi connectivity index (χ4n) is 3.21. The molecule has 0 saturated heterocycles. The number of anilines is 2. The van der Waals surface area contributed by atoms with Gasteiger partial charge in [-0.3, -0.25) is 4.79 Å². The van der Waals surface area contributed by atoms with Gasteiger partial charge in [0.2, 0.25) is 0 Å². The van der Waals surface area contributed by atoms with Crippen molar-refractivity contribution in [3.8, 4) is 0 Å². The van der Waals surface area contributed by atoms with Gasteiger partial charge in [0.1, 0.15) is 10.8 Å². The molecular formula is C23H20ClN3O2S. The van der Waals surface area contributed by atoms with Gasteiger partial charge in [-0.15, -0.1) is 11.3 Å². The molecule has 0 fully saturated rings. The number of carbonyl (C=O) groups excluding carboxylic acids is 1. The predicted octanol–water partition coefficient (Wildman–Crippen LogP) is 6.46. The van der Waals surface area contributed by atoms with Gasteiger partial charge in [-0.25, -0.2) is 4.98 Å². The van der Waals surface area contributed by atoms with Crippen molar-refractivity contribution in [3.63, 3.8) is 0 Å². The SMILES string of the molecule is Cc1ccnc(N[C@@H](c2ccccc2Cl)c2cc(C)sc2NC(=O)c2ccco2)c1. The number of rotatable bonds is 6. The van der Waals surface area contributed by atoms with Crippen LogP contribution >= 0.6 is 22.9 Å². The molecule has 152 valence electrons. The van der Waals surface area contributed by atoms with Crippen LogP contribution in [0.3, 0.4) is 0 Å². The van der Waals surface area contributed by atoms with Crippen molar-refractivity contribution in [1.29, 1.82) is 0 Å². The van der Waals surface area contributed by atoms with Gasteiger partial charge in [-0.1, -0.05) is 29.8 Å². The van der Waals surface area contributed by atoms with Crippen LogP contribution in [0.4, 0.5) is 10.8 Å². The van der Waals surface area contributed by atoms with E-state index in [4.69, 9.17) is 16.0 Å². The molecule has 0 spiro atoms. The third-order valence-electron chi connectivity index (χ3n) is 4.59. The summed E-state index contributed by atoms with van der Waals surface area (Å²) in [5.41, 5.74) is 2.90. The fourth-order valence-corrected chi connectivity index (χ4v) is 4.40. The summed E-state index contributed by atoms with van der Waals surface area (Å²) in [7, 11) is 0. The molecular weight excluding hydrogens is 418 g/mol. The molecule has 0 bridgehead atoms. The number of pyridine rings is 1. The zero-order valence-electron chi connectivity index (χ0n) is 16.5. The van der Waals surface area contributed by atoms with Crippen molar-refractivity contribution in [1.82, 2.24) is 4.98 Å². The van der Waals surface area contributed by atoms with E-state index >= 15 is 0 Å². The van der Waals surface area contributed by atoms with Crippen molar-refractivity contribution < 1.29 is 9.21 Å². The predicted molar refractivity (Wildman–Crippen MR) is 122 cm³/mol. The lowest BCUT2D eigenvalue weighted by Crippen LogP contribution is -2.17. The molecule has 0 aliphatic carbocycles. The average Bonchev–Trinajstić information content (AvgIpc) is 3.37. The highest BCUT2D eigenvalue weighted by Gasteiger charge is 2.24. The minimum Gasteiger partial charge on any atom is -0.459 e. The number of nitrogens with one attached hydrogen (secondary N) is 2. The molecule has 4 rings (SSSR count). The highest BCUT2D eigenvalue weighted by molar-refractivity contribution is 7.16. The molecule has 30 heavy (non-hydrogen) atoms. The number of furan rings is 1. The molecule has 7 heteroatoms. The second-order valence-corrected chi connectivity index (χ2v) is 8.55. The molecule has 3 heterocycles. The maximum atomic E-state index is 12.6. The molecule has 4 aromatic rings. The topological polar surface area (TPSA) is 67.2 Å². The van der Waals surface area contributed by atoms with E-state index in [1.54, 1.807) is 18.3 Å². The third-order valence-corrected chi connectivity index (χ3v) is 5.92. The van der Waals surface area contributed by atoms with Crippen molar-refractivity contribution in [2.24, 2.45) is 0 Å². The second-order valence-electron chi connectivity index (χ2n) is 6.89. The second kappa shape index (κ2) is 8.73. The number of carbonyl (C=O) groups is 1. The zero-order chi connectivity index (χ0) is 21.1. The summed E-state index contributed by atoms with van der Waals surface area (Å²) >= 11 is 8.06. The Morgan fingerprint density at radius 2 is 1.93 bits per heavy atom. The van der Waals surface area contributed by atoms with Crippen LogP contribution in [0.2, 0.25) is 5.02 Å². The molecule has 1 aromatic carbocycles. The van der Waals surface area contributed by atoms with E-state index in [-0.39, 0.29) is 17.7 Å². The summed E-state index contributed by atoms with van der Waals surface area (Å²) in [4.78, 5) is 18.1. The van der Waals surface area contributed by atoms with Crippen LogP contribution in [-0.4, -0.2) is 10.9 Å². The van der Waals surface area contributed by atoms with Gasteiger partial charge in [0.05, 0.1) is 12.3 Å². The Labute approximate surface area is 183 Å². The van der Waals surface area contributed by atoms with Crippen molar-refractivity contribution in [2.45, 2.75) is 19.9 Å². The molecule has 0 aliphatic heterocycles. The molecule has 1 amide bonds. The standard InChI is InChI=1S/C23H20ClN3O2S/c1-14-9-10-25-20(12-14)26-21(16-6-3-4-7-18(16)24)17-13-15(2)30-23(17)27-22(28)19-8-5-11-29-19/h3-13,21H,1-2H3,(H,25,26)(H,27,28)/t21-/m0/s1. The van der Waals surface area contributed by atoms with Gasteiger partial charge >= 0.3 is 0 Å². The maximum Gasteiger partial charge on any atom is 0.291 e. The summed E-state index contributed by atoms with van der Waals surface area (Å²) in [6, 6.07) is 16.7. The summed E-state index contributed by atoms with van der Waals surface area (Å²) in [5.74, 6) is 0.691. The van der Waals surface area contributed by atoms with E-state index in [1.807, 2.05) is 50.2 Å². The first kappa shape index (κ1) is 20.2. The minimum atomic E-state index is -0.301. The smallest absolute Gasteiger partial charge is 0.291 e. The van der Waals surface area contributed by atoms with Gasteiger partial charge in [0, 0.05) is 21.7 Å². The molecule has 2 N–H and O–H groups in total. The van der Waals surface area contributed by atoms with Crippen LogP contribution < -0.4 is 10.6 Å². The number of hydrogen-bond donors (Lipinski definition) is 2. The van der Waals surface area contributed by atoms with Gasteiger partial charge < -0.3 is 15.1 Å². The quantitative estimate of drug-likeness (QED) is 0.363. The zero-order valence-corrected chi connectivity index (χ0v) is 18.1. The first-order valence-electron chi connectivity index (χ1n) is 9.40. The third kappa shape index (κ3) is 4.40. The number of halogens is 1. The van der Waals surface area contributed by atoms with Crippen LogP contribution in [0.15, 0.2) is 71.5 Å². The lowest BCUT2D eigenvalue weighted by atomic mass is 9.99. The molecule has 0 aliphatic rings. The van der Waals surface area contributed by atoms with E-state index in [9.17, 15) is 4.79 Å². The minimum absolute atomic E-state index is 0.259. The first-order chi connectivity index (χ1) is 14.5. The monoisotopic (exact) mass is 437 g/mol. The van der Waals surface area contributed by atoms with E-state index in [1.165, 1.54) is 17.6 Å². The van der Waals surface area contributed by atoms with Gasteiger partial charge in [-0.05, 0) is 61.4 Å². The van der Waals surface area contributed by atoms with Crippen molar-refractivity contribution in [3.05, 3.63) is 99.4 Å². The van der Waals surface area contributed by atoms with Gasteiger partial charge in [0.25, 0.3) is 5.91 Å². The fraction of sp³-hybridized carbons (Fsp3) is 0.130. The van der Waals surface area contributed by atoms with Crippen LogP contribution in [0.1, 0.15) is 38.2 Å². The summed E-state index contributed by atoms with van der Waals surface area (Å²) in [6.07, 6.45) is 3.24. The molecule has 5 nitrogen and oxygen atoms in total. The molecule has 0 unspecified atom stereocenters. The first-order valence-corrected chi connectivity index (χ1v) is 10.6. The van der Waals surface area contributed by atoms with Crippen molar-refractivity contribution >= 4 is 39.7 Å². The Bertz CT molecular complexity index is 1170. The lowest BCUT2D eigenvalue weighted by molar-refractivity contribution is 0.0997. The molecule has 1 atom stereocenters. The van der Waals surface area contributed by atoms with E-state index in [0.717, 1.165) is 32.4 Å². The highest BCUT2D eigenvalue weighted by atomic mass is 35.5. The summed E-state index contributed by atoms with van der Waals surface area (Å²) < 4.78 is 5.23. The van der Waals surface area contributed by atoms with Crippen LogP contribution in [-0.2, 0) is 0 Å². The Hall–Kier alpha value is -3.09. The van der Waals surface area contributed by atoms with E-state index in [2.05, 4.69) is 21.7 Å². The van der Waals surface area contributed by atoms with Gasteiger partial charge in [-0.2, -0.15) is 0 Å². The Morgan fingerprint density at radius 1 is 1.10 bits per heavy atom. The highest BCUT2D eigenvalue weighted by Crippen LogP contribution is 2.39. The average molecular weight is 438 g/mol. The number of aryl methyl sites for hydroxylation is 2. The Morgan fingerprint density at radius 3 is 2.67 bits per heavy atom. The normalized spacial score (nSPS) is 11.8. The van der Waals surface area contributed by atoms with Crippen LogP contribution in [0.5, 0.6) is 0 Å². The van der Waals surface area contributed by atoms with Crippen molar-refractivity contribution in [2.75, 3.05) is 10.6 Å². The Kier molecular flexibility index (Phi) is 5.88. The molecule has 3 aromatic heterocycles. The number of hydrogen-bond acceptors (Lipinski definition) is 5. The Balaban J connectivity index is 1.75. The van der Waals surface area contributed by atoms with Crippen LogP contribution in [0, 0.1) is 13.8 Å². The van der Waals surface area contributed by atoms with E-state index < -0.39 is 0 Å². The molecule has 0 saturated carbocycles. The maximum absolute atomic E-state index is 12.6. The molecule has 0 radical (unpaired) electrons. The summed E-state index contributed by atoms with van der Waals surface area (Å²) in [6.45, 7) is 4.02.